The molecule has 1 aliphatic rings. The molecule has 1 aromatic rings. The number of carbonyl (C=O) groups is 1. The van der Waals surface area contributed by atoms with Crippen molar-refractivity contribution in [3.8, 4) is 0 Å². The van der Waals surface area contributed by atoms with E-state index in [0.29, 0.717) is 30.5 Å². The van der Waals surface area contributed by atoms with E-state index in [1.165, 1.54) is 0 Å². The maximum absolute atomic E-state index is 11.9. The van der Waals surface area contributed by atoms with Gasteiger partial charge in [-0.1, -0.05) is 11.6 Å². The third-order valence-electron chi connectivity index (χ3n) is 2.43. The molecule has 1 amide bonds. The van der Waals surface area contributed by atoms with Gasteiger partial charge in [0.15, 0.2) is 0 Å². The lowest BCUT2D eigenvalue weighted by Gasteiger charge is -2.22. The van der Waals surface area contributed by atoms with E-state index in [1.54, 1.807) is 18.2 Å². The smallest absolute Gasteiger partial charge is 0.243 e. The molecule has 0 bridgehead atoms. The van der Waals surface area contributed by atoms with Crippen molar-refractivity contribution in [2.45, 2.75) is 6.04 Å². The van der Waals surface area contributed by atoms with E-state index >= 15 is 0 Å². The molecule has 7 heteroatoms. The molecule has 100 valence electrons. The van der Waals surface area contributed by atoms with Crippen LogP contribution in [0.4, 0.5) is 5.69 Å². The minimum absolute atomic E-state index is 0. The first kappa shape index (κ1) is 15.7. The highest BCUT2D eigenvalue weighted by molar-refractivity contribution is 9.10. The summed E-state index contributed by atoms with van der Waals surface area (Å²) in [5, 5.41) is 6.51. The molecule has 2 N–H and O–H groups in total. The average Bonchev–Trinajstić information content (AvgIpc) is 2.35. The highest BCUT2D eigenvalue weighted by Gasteiger charge is 2.21. The van der Waals surface area contributed by atoms with Crippen molar-refractivity contribution in [1.29, 1.82) is 0 Å². The molecule has 0 radical (unpaired) electrons. The summed E-state index contributed by atoms with van der Waals surface area (Å²) in [6.45, 7) is 1.75. The number of carbonyl (C=O) groups excluding carboxylic acids is 1. The van der Waals surface area contributed by atoms with Gasteiger partial charge in [-0.3, -0.25) is 4.79 Å². The fourth-order valence-electron chi connectivity index (χ4n) is 1.54. The second kappa shape index (κ2) is 7.31. The highest BCUT2D eigenvalue weighted by Crippen LogP contribution is 2.25. The molecular weight excluding hydrogens is 343 g/mol. The molecule has 1 heterocycles. The number of rotatable bonds is 2. The summed E-state index contributed by atoms with van der Waals surface area (Å²) < 4.78 is 5.98. The molecule has 18 heavy (non-hydrogen) atoms. The average molecular weight is 356 g/mol. The molecular formula is C11H13BrCl2N2O2. The molecule has 1 aromatic carbocycles. The number of nitrogens with one attached hydrogen (secondary N) is 2. The van der Waals surface area contributed by atoms with Crippen molar-refractivity contribution in [3.63, 3.8) is 0 Å². The van der Waals surface area contributed by atoms with E-state index in [4.69, 9.17) is 16.3 Å². The summed E-state index contributed by atoms with van der Waals surface area (Å²) in [6, 6.07) is 4.96. The largest absolute Gasteiger partial charge is 0.378 e. The molecule has 1 aliphatic heterocycles. The minimum Gasteiger partial charge on any atom is -0.378 e. The predicted molar refractivity (Wildman–Crippen MR) is 77.6 cm³/mol. The van der Waals surface area contributed by atoms with Crippen LogP contribution in [0.25, 0.3) is 0 Å². The van der Waals surface area contributed by atoms with Crippen LogP contribution in [0.2, 0.25) is 5.02 Å². The van der Waals surface area contributed by atoms with Crippen LogP contribution in [-0.2, 0) is 9.53 Å². The highest BCUT2D eigenvalue weighted by atomic mass is 79.9. The van der Waals surface area contributed by atoms with Crippen LogP contribution in [0.1, 0.15) is 0 Å². The Morgan fingerprint density at radius 2 is 2.33 bits per heavy atom. The first-order valence-electron chi connectivity index (χ1n) is 5.24. The zero-order valence-corrected chi connectivity index (χ0v) is 12.6. The van der Waals surface area contributed by atoms with Crippen molar-refractivity contribution in [3.05, 3.63) is 27.7 Å². The van der Waals surface area contributed by atoms with Gasteiger partial charge in [0, 0.05) is 16.7 Å². The zero-order chi connectivity index (χ0) is 12.3. The van der Waals surface area contributed by atoms with E-state index in [0.717, 1.165) is 4.47 Å². The molecule has 1 fully saturated rings. The van der Waals surface area contributed by atoms with Crippen LogP contribution in [0, 0.1) is 0 Å². The van der Waals surface area contributed by atoms with Gasteiger partial charge in [0.05, 0.1) is 18.2 Å². The third-order valence-corrected chi connectivity index (χ3v) is 3.64. The Hall–Kier alpha value is -0.330. The lowest BCUT2D eigenvalue weighted by molar-refractivity contribution is -0.120. The molecule has 1 unspecified atom stereocenters. The molecule has 0 aromatic heterocycles. The van der Waals surface area contributed by atoms with Crippen LogP contribution in [-0.4, -0.2) is 31.7 Å². The molecule has 1 saturated heterocycles. The Labute approximate surface area is 125 Å². The number of benzene rings is 1. The quantitative estimate of drug-likeness (QED) is 0.856. The van der Waals surface area contributed by atoms with Gasteiger partial charge in [0.2, 0.25) is 5.91 Å². The predicted octanol–water partition coefficient (Wildman–Crippen LogP) is 2.45. The molecule has 1 atom stereocenters. The van der Waals surface area contributed by atoms with Gasteiger partial charge >= 0.3 is 0 Å². The zero-order valence-electron chi connectivity index (χ0n) is 9.41. The van der Waals surface area contributed by atoms with Crippen molar-refractivity contribution in [1.82, 2.24) is 5.32 Å². The van der Waals surface area contributed by atoms with Crippen LogP contribution >= 0.6 is 39.9 Å². The lowest BCUT2D eigenvalue weighted by Crippen LogP contribution is -2.48. The van der Waals surface area contributed by atoms with Crippen molar-refractivity contribution in [2.24, 2.45) is 0 Å². The van der Waals surface area contributed by atoms with Crippen LogP contribution < -0.4 is 10.6 Å². The molecule has 2 rings (SSSR count). The van der Waals surface area contributed by atoms with E-state index < -0.39 is 0 Å². The Kier molecular flexibility index (Phi) is 6.38. The van der Waals surface area contributed by atoms with Gasteiger partial charge in [-0.2, -0.15) is 0 Å². The SMILES string of the molecule is Cl.O=C(Nc1ccc(Cl)c(Br)c1)C1COCCN1. The van der Waals surface area contributed by atoms with E-state index in [9.17, 15) is 4.79 Å². The third kappa shape index (κ3) is 4.10. The number of halogens is 3. The standard InChI is InChI=1S/C11H12BrClN2O2.ClH/c12-8-5-7(1-2-9(8)13)15-11(16)10-6-17-4-3-14-10;/h1-2,5,10,14H,3-4,6H2,(H,15,16);1H. The van der Waals surface area contributed by atoms with E-state index in [2.05, 4.69) is 26.6 Å². The second-order valence-corrected chi connectivity index (χ2v) is 4.96. The van der Waals surface area contributed by atoms with Crippen molar-refractivity contribution in [2.75, 3.05) is 25.1 Å². The van der Waals surface area contributed by atoms with E-state index in [-0.39, 0.29) is 24.4 Å². The second-order valence-electron chi connectivity index (χ2n) is 3.70. The van der Waals surface area contributed by atoms with Crippen molar-refractivity contribution < 1.29 is 9.53 Å². The summed E-state index contributed by atoms with van der Waals surface area (Å²) in [6.07, 6.45) is 0. The normalized spacial score (nSPS) is 18.9. The first-order chi connectivity index (χ1) is 8.16. The minimum atomic E-state index is -0.293. The Bertz CT molecular complexity index is 426. The Morgan fingerprint density at radius 1 is 1.56 bits per heavy atom. The maximum Gasteiger partial charge on any atom is 0.243 e. The number of ether oxygens (including phenoxy) is 1. The molecule has 0 aliphatic carbocycles. The first-order valence-corrected chi connectivity index (χ1v) is 6.41. The summed E-state index contributed by atoms with van der Waals surface area (Å²) in [7, 11) is 0. The Morgan fingerprint density at radius 3 is 2.94 bits per heavy atom. The monoisotopic (exact) mass is 354 g/mol. The number of hydrogen-bond acceptors (Lipinski definition) is 3. The van der Waals surface area contributed by atoms with Gasteiger partial charge in [0.25, 0.3) is 0 Å². The Balaban J connectivity index is 0.00000162. The lowest BCUT2D eigenvalue weighted by atomic mass is 10.2. The van der Waals surface area contributed by atoms with Gasteiger partial charge < -0.3 is 15.4 Å². The molecule has 0 spiro atoms. The maximum atomic E-state index is 11.9. The van der Waals surface area contributed by atoms with Gasteiger partial charge in [0.1, 0.15) is 6.04 Å². The van der Waals surface area contributed by atoms with Crippen LogP contribution in [0.15, 0.2) is 22.7 Å². The fraction of sp³-hybridized carbons (Fsp3) is 0.364. The molecule has 4 nitrogen and oxygen atoms in total. The summed E-state index contributed by atoms with van der Waals surface area (Å²) in [5.41, 5.74) is 0.707. The summed E-state index contributed by atoms with van der Waals surface area (Å²) in [5.74, 6) is -0.0982. The van der Waals surface area contributed by atoms with Gasteiger partial charge in [-0.15, -0.1) is 12.4 Å². The van der Waals surface area contributed by atoms with Gasteiger partial charge in [-0.25, -0.2) is 0 Å². The van der Waals surface area contributed by atoms with Crippen molar-refractivity contribution >= 4 is 51.5 Å². The van der Waals surface area contributed by atoms with Crippen LogP contribution in [0.5, 0.6) is 0 Å². The fourth-order valence-corrected chi connectivity index (χ4v) is 2.03. The summed E-state index contributed by atoms with van der Waals surface area (Å²) >= 11 is 9.18. The molecule has 0 saturated carbocycles. The summed E-state index contributed by atoms with van der Waals surface area (Å²) in [4.78, 5) is 11.9. The number of amides is 1. The van der Waals surface area contributed by atoms with Crippen LogP contribution in [0.3, 0.4) is 0 Å². The number of hydrogen-bond donors (Lipinski definition) is 2. The number of anilines is 1. The number of morpholine rings is 1. The topological polar surface area (TPSA) is 50.4 Å². The van der Waals surface area contributed by atoms with E-state index in [1.807, 2.05) is 0 Å². The van der Waals surface area contributed by atoms with Gasteiger partial charge in [-0.05, 0) is 34.1 Å².